The van der Waals surface area contributed by atoms with E-state index >= 15 is 0 Å². The van der Waals surface area contributed by atoms with Crippen molar-refractivity contribution in [2.75, 3.05) is 25.0 Å². The minimum atomic E-state index is -0.541. The van der Waals surface area contributed by atoms with Crippen LogP contribution in [0.1, 0.15) is 43.7 Å². The molecule has 3 aromatic rings. The van der Waals surface area contributed by atoms with Gasteiger partial charge >= 0.3 is 0 Å². The van der Waals surface area contributed by atoms with Crippen molar-refractivity contribution in [3.63, 3.8) is 0 Å². The number of aryl methyl sites for hydroxylation is 1. The summed E-state index contributed by atoms with van der Waals surface area (Å²) >= 11 is 0. The number of hydrogen-bond donors (Lipinski definition) is 4. The molecular formula is C28H36N6. The first-order chi connectivity index (χ1) is 16.6. The molecular weight excluding hydrogens is 420 g/mol. The summed E-state index contributed by atoms with van der Waals surface area (Å²) in [5, 5.41) is 12.3. The summed E-state index contributed by atoms with van der Waals surface area (Å²) in [6.07, 6.45) is 9.84. The number of rotatable bonds is 7. The number of nitrogens with zero attached hydrogens (tertiary/aromatic N) is 2. The van der Waals surface area contributed by atoms with Crippen LogP contribution in [0, 0.1) is 6.92 Å². The van der Waals surface area contributed by atoms with Crippen LogP contribution >= 0.6 is 0 Å². The fourth-order valence-electron chi connectivity index (χ4n) is 4.91. The summed E-state index contributed by atoms with van der Waals surface area (Å²) in [4.78, 5) is 11.1. The number of nitrogens with one attached hydrogen (secondary N) is 4. The zero-order valence-electron chi connectivity index (χ0n) is 20.3. The average molecular weight is 457 g/mol. The molecule has 1 atom stereocenters. The van der Waals surface area contributed by atoms with E-state index in [0.29, 0.717) is 0 Å². The van der Waals surface area contributed by atoms with Gasteiger partial charge in [-0.1, -0.05) is 42.8 Å². The first-order valence-electron chi connectivity index (χ1n) is 12.6. The third-order valence-electron chi connectivity index (χ3n) is 6.93. The number of aromatic nitrogens is 1. The van der Waals surface area contributed by atoms with Crippen LogP contribution in [0.15, 0.2) is 71.6 Å². The molecule has 0 amide bonds. The Labute approximate surface area is 202 Å². The van der Waals surface area contributed by atoms with E-state index in [9.17, 15) is 0 Å². The number of likely N-dealkylation sites (tertiary alicyclic amines) is 1. The number of H-pyrrole nitrogens is 1. The molecule has 4 N–H and O–H groups in total. The molecule has 5 rings (SSSR count). The number of aliphatic imine (C=N–C) groups is 1. The predicted molar refractivity (Wildman–Crippen MR) is 142 cm³/mol. The lowest BCUT2D eigenvalue weighted by molar-refractivity contribution is 0.266. The smallest absolute Gasteiger partial charge is 0.187 e. The van der Waals surface area contributed by atoms with Gasteiger partial charge in [-0.25, -0.2) is 4.99 Å². The van der Waals surface area contributed by atoms with E-state index in [4.69, 9.17) is 4.99 Å². The number of benzene rings is 2. The Morgan fingerprint density at radius 1 is 1.03 bits per heavy atom. The van der Waals surface area contributed by atoms with Crippen LogP contribution in [0.3, 0.4) is 0 Å². The number of aromatic amines is 1. The maximum Gasteiger partial charge on any atom is 0.187 e. The monoisotopic (exact) mass is 456 g/mol. The molecule has 6 heteroatoms. The summed E-state index contributed by atoms with van der Waals surface area (Å²) in [7, 11) is 0. The van der Waals surface area contributed by atoms with Crippen molar-refractivity contribution in [1.29, 1.82) is 0 Å². The molecule has 2 aromatic carbocycles. The Bertz CT molecular complexity index is 1170. The molecule has 0 radical (unpaired) electrons. The van der Waals surface area contributed by atoms with Gasteiger partial charge in [-0.3, -0.25) is 5.32 Å². The fourth-order valence-corrected chi connectivity index (χ4v) is 4.91. The zero-order valence-corrected chi connectivity index (χ0v) is 20.3. The molecule has 178 valence electrons. The van der Waals surface area contributed by atoms with Crippen LogP contribution in [-0.4, -0.2) is 41.1 Å². The molecule has 0 spiro atoms. The van der Waals surface area contributed by atoms with E-state index in [2.05, 4.69) is 100 Å². The minimum absolute atomic E-state index is 0.541. The first kappa shape index (κ1) is 22.5. The Kier molecular flexibility index (Phi) is 6.59. The Hall–Kier alpha value is -3.25. The second kappa shape index (κ2) is 9.94. The van der Waals surface area contributed by atoms with Gasteiger partial charge in [-0.15, -0.1) is 0 Å². The van der Waals surface area contributed by atoms with Crippen molar-refractivity contribution < 1.29 is 0 Å². The van der Waals surface area contributed by atoms with Gasteiger partial charge in [0.15, 0.2) is 5.79 Å². The SMILES string of the molecule is CCC1(NCCc2c[nH]c3ccccc23)N=C(N2CCCCC2)C=C(Nc2ccc(C)cc2)N1. The lowest BCUT2D eigenvalue weighted by Gasteiger charge is -2.40. The van der Waals surface area contributed by atoms with E-state index in [1.807, 2.05) is 0 Å². The van der Waals surface area contributed by atoms with Crippen molar-refractivity contribution in [2.45, 2.75) is 51.7 Å². The Morgan fingerprint density at radius 2 is 1.82 bits per heavy atom. The van der Waals surface area contributed by atoms with Crippen LogP contribution in [0.5, 0.6) is 0 Å². The topological polar surface area (TPSA) is 67.5 Å². The van der Waals surface area contributed by atoms with Gasteiger partial charge in [-0.05, 0) is 56.4 Å². The lowest BCUT2D eigenvalue weighted by atomic mass is 10.1. The van der Waals surface area contributed by atoms with Gasteiger partial charge < -0.3 is 20.5 Å². The van der Waals surface area contributed by atoms with Crippen molar-refractivity contribution in [1.82, 2.24) is 20.5 Å². The van der Waals surface area contributed by atoms with Crippen molar-refractivity contribution >= 4 is 22.4 Å². The number of anilines is 1. The van der Waals surface area contributed by atoms with Crippen LogP contribution in [0.25, 0.3) is 10.9 Å². The molecule has 2 aliphatic heterocycles. The molecule has 1 aromatic heterocycles. The number of fused-ring (bicyclic) bond motifs is 1. The molecule has 34 heavy (non-hydrogen) atoms. The summed E-state index contributed by atoms with van der Waals surface area (Å²) in [5.74, 6) is 1.51. The van der Waals surface area contributed by atoms with E-state index in [-0.39, 0.29) is 0 Å². The first-order valence-corrected chi connectivity index (χ1v) is 12.6. The average Bonchev–Trinajstić information content (AvgIpc) is 3.29. The predicted octanol–water partition coefficient (Wildman–Crippen LogP) is 5.11. The van der Waals surface area contributed by atoms with Gasteiger partial charge in [0.05, 0.1) is 0 Å². The summed E-state index contributed by atoms with van der Waals surface area (Å²) in [6.45, 7) is 7.28. The molecule has 1 unspecified atom stereocenters. The Morgan fingerprint density at radius 3 is 2.62 bits per heavy atom. The van der Waals surface area contributed by atoms with Crippen LogP contribution in [-0.2, 0) is 6.42 Å². The van der Waals surface area contributed by atoms with Crippen molar-refractivity contribution in [3.05, 3.63) is 77.8 Å². The summed E-state index contributed by atoms with van der Waals surface area (Å²) < 4.78 is 0. The summed E-state index contributed by atoms with van der Waals surface area (Å²) in [6, 6.07) is 17.0. The normalized spacial score (nSPS) is 20.6. The van der Waals surface area contributed by atoms with Crippen molar-refractivity contribution in [2.24, 2.45) is 4.99 Å². The zero-order chi connectivity index (χ0) is 23.4. The maximum atomic E-state index is 5.24. The number of piperidine rings is 1. The molecule has 1 fully saturated rings. The second-order valence-corrected chi connectivity index (χ2v) is 9.44. The van der Waals surface area contributed by atoms with Crippen LogP contribution < -0.4 is 16.0 Å². The highest BCUT2D eigenvalue weighted by atomic mass is 15.4. The molecule has 0 saturated carbocycles. The third kappa shape index (κ3) is 4.97. The number of para-hydroxylation sites is 1. The van der Waals surface area contributed by atoms with Crippen LogP contribution in [0.4, 0.5) is 5.69 Å². The maximum absolute atomic E-state index is 5.24. The number of amidine groups is 1. The second-order valence-electron chi connectivity index (χ2n) is 9.44. The lowest BCUT2D eigenvalue weighted by Crippen LogP contribution is -2.59. The minimum Gasteiger partial charge on any atom is -0.361 e. The van der Waals surface area contributed by atoms with Gasteiger partial charge in [-0.2, -0.15) is 0 Å². The van der Waals surface area contributed by atoms with Crippen LogP contribution in [0.2, 0.25) is 0 Å². The molecule has 6 nitrogen and oxygen atoms in total. The highest BCUT2D eigenvalue weighted by Crippen LogP contribution is 2.23. The van der Waals surface area contributed by atoms with E-state index in [0.717, 1.165) is 49.8 Å². The van der Waals surface area contributed by atoms with Crippen molar-refractivity contribution in [3.8, 4) is 0 Å². The van der Waals surface area contributed by atoms with E-state index in [1.54, 1.807) is 0 Å². The van der Waals surface area contributed by atoms with E-state index < -0.39 is 5.79 Å². The number of hydrogen-bond acceptors (Lipinski definition) is 5. The molecule has 0 aliphatic carbocycles. The molecule has 3 heterocycles. The largest absolute Gasteiger partial charge is 0.361 e. The summed E-state index contributed by atoms with van der Waals surface area (Å²) in [5.41, 5.74) is 4.86. The third-order valence-corrected chi connectivity index (χ3v) is 6.93. The van der Waals surface area contributed by atoms with Gasteiger partial charge in [0, 0.05) is 54.9 Å². The standard InChI is InChI=1S/C28H36N6/c1-3-28(30-16-15-22-20-29-25-10-6-5-9-24(22)25)32-26(31-23-13-11-21(2)12-14-23)19-27(33-28)34-17-7-4-8-18-34/h5-6,9-14,19-20,29-32H,3-4,7-8,15-18H2,1-2H3. The highest BCUT2D eigenvalue weighted by molar-refractivity contribution is 5.95. The molecule has 0 bridgehead atoms. The van der Waals surface area contributed by atoms with E-state index in [1.165, 1.54) is 41.3 Å². The molecule has 2 aliphatic rings. The fraction of sp³-hybridized carbons (Fsp3) is 0.393. The quantitative estimate of drug-likeness (QED) is 0.399. The highest BCUT2D eigenvalue weighted by Gasteiger charge is 2.32. The molecule has 1 saturated heterocycles. The van der Waals surface area contributed by atoms with Gasteiger partial charge in [0.2, 0.25) is 0 Å². The van der Waals surface area contributed by atoms with Gasteiger partial charge in [0.25, 0.3) is 0 Å². The van der Waals surface area contributed by atoms with Gasteiger partial charge in [0.1, 0.15) is 11.7 Å². The Balaban J connectivity index is 1.35.